The molecule has 1 N–H and O–H groups in total. The number of aromatic nitrogens is 2. The molecule has 0 spiro atoms. The summed E-state index contributed by atoms with van der Waals surface area (Å²) in [5.74, 6) is -0.293. The number of carbonyl (C=O) groups is 2. The Morgan fingerprint density at radius 2 is 1.71 bits per heavy atom. The van der Waals surface area contributed by atoms with Gasteiger partial charge >= 0.3 is 5.97 Å². The van der Waals surface area contributed by atoms with Crippen LogP contribution in [0.2, 0.25) is 0 Å². The predicted molar refractivity (Wildman–Crippen MR) is 109 cm³/mol. The number of esters is 1. The highest BCUT2D eigenvalue weighted by molar-refractivity contribution is 5.94. The number of hydrogen-bond donors (Lipinski definition) is 1. The molecule has 1 aromatic carbocycles. The van der Waals surface area contributed by atoms with E-state index in [4.69, 9.17) is 4.74 Å². The first-order valence-corrected chi connectivity index (χ1v) is 9.72. The first-order chi connectivity index (χ1) is 13.4. The molecule has 0 radical (unpaired) electrons. The summed E-state index contributed by atoms with van der Waals surface area (Å²) < 4.78 is 5.56. The summed E-state index contributed by atoms with van der Waals surface area (Å²) in [4.78, 5) is 32.8. The lowest BCUT2D eigenvalue weighted by Gasteiger charge is -2.32. The minimum atomic E-state index is -0.401. The number of rotatable bonds is 9. The molecule has 0 aliphatic carbocycles. The summed E-state index contributed by atoms with van der Waals surface area (Å²) >= 11 is 0. The van der Waals surface area contributed by atoms with Gasteiger partial charge in [0.15, 0.2) is 0 Å². The molecule has 0 aliphatic rings. The molecule has 0 saturated carbocycles. The molecule has 1 aromatic heterocycles. The Bertz CT molecular complexity index is 750. The van der Waals surface area contributed by atoms with Crippen molar-refractivity contribution in [2.24, 2.45) is 11.8 Å². The van der Waals surface area contributed by atoms with Crippen molar-refractivity contribution in [3.8, 4) is 0 Å². The van der Waals surface area contributed by atoms with E-state index in [9.17, 15) is 9.59 Å². The topological polar surface area (TPSA) is 81.2 Å². The van der Waals surface area contributed by atoms with Gasteiger partial charge in [0.05, 0.1) is 5.92 Å². The van der Waals surface area contributed by atoms with Crippen LogP contribution in [0.5, 0.6) is 0 Å². The van der Waals surface area contributed by atoms with Crippen LogP contribution < -0.4 is 5.32 Å². The Morgan fingerprint density at radius 3 is 2.25 bits per heavy atom. The van der Waals surface area contributed by atoms with Crippen LogP contribution in [0.1, 0.15) is 52.0 Å². The van der Waals surface area contributed by atoms with Crippen LogP contribution in [-0.2, 0) is 14.3 Å². The molecule has 28 heavy (non-hydrogen) atoms. The smallest absolute Gasteiger partial charge is 0.302 e. The summed E-state index contributed by atoms with van der Waals surface area (Å²) in [6, 6.07) is 11.3. The van der Waals surface area contributed by atoms with Crippen molar-refractivity contribution >= 4 is 17.8 Å². The average molecular weight is 383 g/mol. The standard InChI is InChI=1S/C22H29N3O3/c1-5-20(28-16(4)26)18(15(2)3)14-19(17-10-7-6-8-11-17)21(27)25-22-23-12-9-13-24-22/h6-13,15,18-20H,5,14H2,1-4H3,(H,23,24,25,27). The van der Waals surface area contributed by atoms with Gasteiger partial charge in [-0.2, -0.15) is 0 Å². The SMILES string of the molecule is CCC(OC(C)=O)C(CC(C(=O)Nc1ncccn1)c1ccccc1)C(C)C. The Hall–Kier alpha value is -2.76. The number of nitrogens with one attached hydrogen (secondary N) is 1. The van der Waals surface area contributed by atoms with Gasteiger partial charge in [-0.25, -0.2) is 9.97 Å². The monoisotopic (exact) mass is 383 g/mol. The van der Waals surface area contributed by atoms with Gasteiger partial charge in [-0.05, 0) is 36.3 Å². The normalized spacial score (nSPS) is 14.2. The minimum absolute atomic E-state index is 0.0431. The van der Waals surface area contributed by atoms with Gasteiger partial charge in [0.25, 0.3) is 0 Å². The Labute approximate surface area is 166 Å². The number of anilines is 1. The second-order valence-electron chi connectivity index (χ2n) is 7.22. The Morgan fingerprint density at radius 1 is 1.07 bits per heavy atom. The van der Waals surface area contributed by atoms with E-state index >= 15 is 0 Å². The minimum Gasteiger partial charge on any atom is -0.462 e. The van der Waals surface area contributed by atoms with Crippen LogP contribution in [0.4, 0.5) is 5.95 Å². The molecule has 3 unspecified atom stereocenters. The molecule has 0 aliphatic heterocycles. The summed E-state index contributed by atoms with van der Waals surface area (Å²) in [6.07, 6.45) is 4.21. The summed E-state index contributed by atoms with van der Waals surface area (Å²) in [5, 5.41) is 2.81. The molecule has 0 bridgehead atoms. The first kappa shape index (κ1) is 21.5. The van der Waals surface area contributed by atoms with E-state index in [2.05, 4.69) is 29.1 Å². The van der Waals surface area contributed by atoms with Crippen LogP contribution in [0.15, 0.2) is 48.8 Å². The second kappa shape index (κ2) is 10.5. The highest BCUT2D eigenvalue weighted by Crippen LogP contribution is 2.33. The molecule has 6 nitrogen and oxygen atoms in total. The van der Waals surface area contributed by atoms with Crippen molar-refractivity contribution in [3.05, 3.63) is 54.4 Å². The van der Waals surface area contributed by atoms with Crippen LogP contribution >= 0.6 is 0 Å². The molecule has 1 amide bonds. The zero-order valence-corrected chi connectivity index (χ0v) is 17.0. The maximum Gasteiger partial charge on any atom is 0.302 e. The molecular formula is C22H29N3O3. The van der Waals surface area contributed by atoms with Crippen LogP contribution in [0.3, 0.4) is 0 Å². The largest absolute Gasteiger partial charge is 0.462 e. The highest BCUT2D eigenvalue weighted by atomic mass is 16.5. The third-order valence-electron chi connectivity index (χ3n) is 4.88. The Kier molecular flexibility index (Phi) is 8.11. The average Bonchev–Trinajstić information content (AvgIpc) is 2.68. The lowest BCUT2D eigenvalue weighted by Crippen LogP contribution is -2.33. The number of hydrogen-bond acceptors (Lipinski definition) is 5. The molecular weight excluding hydrogens is 354 g/mol. The van der Waals surface area contributed by atoms with E-state index < -0.39 is 5.92 Å². The van der Waals surface area contributed by atoms with Crippen LogP contribution in [-0.4, -0.2) is 27.9 Å². The lowest BCUT2D eigenvalue weighted by molar-refractivity contribution is -0.150. The zero-order chi connectivity index (χ0) is 20.5. The molecule has 6 heteroatoms. The fourth-order valence-corrected chi connectivity index (χ4v) is 3.45. The van der Waals surface area contributed by atoms with E-state index in [0.717, 1.165) is 5.56 Å². The van der Waals surface area contributed by atoms with E-state index in [1.54, 1.807) is 18.5 Å². The molecule has 150 valence electrons. The molecule has 2 rings (SSSR count). The van der Waals surface area contributed by atoms with Crippen molar-refractivity contribution < 1.29 is 14.3 Å². The van der Waals surface area contributed by atoms with Gasteiger partial charge in [-0.15, -0.1) is 0 Å². The predicted octanol–water partition coefficient (Wildman–Crippen LogP) is 4.20. The number of benzene rings is 1. The van der Waals surface area contributed by atoms with E-state index in [0.29, 0.717) is 12.8 Å². The number of ether oxygens (including phenoxy) is 1. The van der Waals surface area contributed by atoms with E-state index in [-0.39, 0.29) is 35.8 Å². The van der Waals surface area contributed by atoms with E-state index in [1.165, 1.54) is 6.92 Å². The maximum absolute atomic E-state index is 13.1. The van der Waals surface area contributed by atoms with Crippen LogP contribution in [0, 0.1) is 11.8 Å². The van der Waals surface area contributed by atoms with Gasteiger partial charge in [-0.3, -0.25) is 14.9 Å². The number of nitrogens with zero attached hydrogens (tertiary/aromatic N) is 2. The summed E-state index contributed by atoms with van der Waals surface area (Å²) in [7, 11) is 0. The van der Waals surface area contributed by atoms with Gasteiger partial charge < -0.3 is 4.74 Å². The van der Waals surface area contributed by atoms with Crippen molar-refractivity contribution in [3.63, 3.8) is 0 Å². The van der Waals surface area contributed by atoms with Crippen molar-refractivity contribution in [1.29, 1.82) is 0 Å². The summed E-state index contributed by atoms with van der Waals surface area (Å²) in [5.41, 5.74) is 0.916. The van der Waals surface area contributed by atoms with Gasteiger partial charge in [0.2, 0.25) is 11.9 Å². The molecule has 3 atom stereocenters. The summed E-state index contributed by atoms with van der Waals surface area (Å²) in [6.45, 7) is 7.61. The number of amides is 1. The quantitative estimate of drug-likeness (QED) is 0.656. The van der Waals surface area contributed by atoms with E-state index in [1.807, 2.05) is 37.3 Å². The molecule has 1 heterocycles. The van der Waals surface area contributed by atoms with Gasteiger partial charge in [-0.1, -0.05) is 51.1 Å². The third kappa shape index (κ3) is 6.15. The molecule has 0 saturated heterocycles. The lowest BCUT2D eigenvalue weighted by atomic mass is 9.79. The van der Waals surface area contributed by atoms with Crippen molar-refractivity contribution in [2.75, 3.05) is 5.32 Å². The van der Waals surface area contributed by atoms with Gasteiger partial charge in [0, 0.05) is 19.3 Å². The third-order valence-corrected chi connectivity index (χ3v) is 4.88. The molecule has 0 fully saturated rings. The fourth-order valence-electron chi connectivity index (χ4n) is 3.45. The number of carbonyl (C=O) groups excluding carboxylic acids is 2. The van der Waals surface area contributed by atoms with Gasteiger partial charge in [0.1, 0.15) is 6.10 Å². The maximum atomic E-state index is 13.1. The molecule has 2 aromatic rings. The second-order valence-corrected chi connectivity index (χ2v) is 7.22. The van der Waals surface area contributed by atoms with Crippen molar-refractivity contribution in [1.82, 2.24) is 9.97 Å². The highest BCUT2D eigenvalue weighted by Gasteiger charge is 2.32. The first-order valence-electron chi connectivity index (χ1n) is 9.72. The fraction of sp³-hybridized carbons (Fsp3) is 0.455. The van der Waals surface area contributed by atoms with Crippen molar-refractivity contribution in [2.45, 2.75) is 52.6 Å². The van der Waals surface area contributed by atoms with Crippen LogP contribution in [0.25, 0.3) is 0 Å². The Balaban J connectivity index is 2.29. The zero-order valence-electron chi connectivity index (χ0n) is 17.0.